The van der Waals surface area contributed by atoms with Gasteiger partial charge in [-0.3, -0.25) is 0 Å². The average molecular weight is 368 g/mol. The van der Waals surface area contributed by atoms with Crippen molar-refractivity contribution in [1.29, 1.82) is 5.26 Å². The fourth-order valence-electron chi connectivity index (χ4n) is 2.91. The maximum Gasteiger partial charge on any atom is 0.416 e. The smallest absolute Gasteiger partial charge is 0.416 e. The van der Waals surface area contributed by atoms with Gasteiger partial charge in [0.2, 0.25) is 0 Å². The highest BCUT2D eigenvalue weighted by Crippen LogP contribution is 2.43. The molecule has 8 heteroatoms. The first kappa shape index (κ1) is 19.5. The first-order chi connectivity index (χ1) is 12.2. The lowest BCUT2D eigenvalue weighted by Crippen LogP contribution is -2.28. The van der Waals surface area contributed by atoms with Crippen molar-refractivity contribution in [2.24, 2.45) is 0 Å². The van der Waals surface area contributed by atoms with Gasteiger partial charge in [-0.25, -0.2) is 9.18 Å². The summed E-state index contributed by atoms with van der Waals surface area (Å²) in [6, 6.07) is 4.00. The Kier molecular flexibility index (Phi) is 5.70. The number of hydrogen-bond acceptors (Lipinski definition) is 4. The lowest BCUT2D eigenvalue weighted by molar-refractivity contribution is -0.139. The van der Waals surface area contributed by atoms with E-state index in [0.29, 0.717) is 24.6 Å². The SMILES string of the molecule is CCCC1=C(C(=O)OC)C(c2ccc(F)cc2C(F)(F)F)C(C#N)=CN1. The average Bonchev–Trinajstić information content (AvgIpc) is 2.60. The molecule has 0 amide bonds. The minimum Gasteiger partial charge on any atom is -0.466 e. The van der Waals surface area contributed by atoms with Crippen molar-refractivity contribution in [3.63, 3.8) is 0 Å². The topological polar surface area (TPSA) is 62.1 Å². The molecule has 0 fully saturated rings. The quantitative estimate of drug-likeness (QED) is 0.640. The third-order valence-corrected chi connectivity index (χ3v) is 3.99. The second-order valence-corrected chi connectivity index (χ2v) is 5.65. The number of nitrogens with zero attached hydrogens (tertiary/aromatic N) is 1. The maximum atomic E-state index is 13.5. The van der Waals surface area contributed by atoms with Gasteiger partial charge in [0.05, 0.1) is 35.8 Å². The predicted molar refractivity (Wildman–Crippen MR) is 84.9 cm³/mol. The number of hydrogen-bond donors (Lipinski definition) is 1. The zero-order valence-corrected chi connectivity index (χ0v) is 14.1. The number of halogens is 4. The van der Waals surface area contributed by atoms with Crippen LogP contribution in [-0.2, 0) is 15.7 Å². The van der Waals surface area contributed by atoms with Crippen LogP contribution < -0.4 is 5.32 Å². The molecule has 1 aromatic rings. The molecule has 1 unspecified atom stereocenters. The largest absolute Gasteiger partial charge is 0.466 e. The summed E-state index contributed by atoms with van der Waals surface area (Å²) in [7, 11) is 1.11. The third-order valence-electron chi connectivity index (χ3n) is 3.99. The van der Waals surface area contributed by atoms with Gasteiger partial charge in [0.1, 0.15) is 5.82 Å². The normalized spacial score (nSPS) is 17.3. The minimum absolute atomic E-state index is 0.0782. The van der Waals surface area contributed by atoms with Crippen molar-refractivity contribution in [2.75, 3.05) is 7.11 Å². The summed E-state index contributed by atoms with van der Waals surface area (Å²) in [5, 5.41) is 12.2. The van der Waals surface area contributed by atoms with Crippen LogP contribution in [0.4, 0.5) is 17.6 Å². The van der Waals surface area contributed by atoms with E-state index < -0.39 is 29.4 Å². The van der Waals surface area contributed by atoms with Crippen LogP contribution in [0.5, 0.6) is 0 Å². The van der Waals surface area contributed by atoms with Gasteiger partial charge >= 0.3 is 12.1 Å². The number of carbonyl (C=O) groups excluding carboxylic acids is 1. The van der Waals surface area contributed by atoms with Gasteiger partial charge in [0.15, 0.2) is 0 Å². The molecule has 2 rings (SSSR count). The lowest BCUT2D eigenvalue weighted by Gasteiger charge is -2.28. The van der Waals surface area contributed by atoms with Crippen LogP contribution in [0.15, 0.2) is 41.2 Å². The van der Waals surface area contributed by atoms with Crippen molar-refractivity contribution < 1.29 is 27.1 Å². The highest BCUT2D eigenvalue weighted by Gasteiger charge is 2.40. The Balaban J connectivity index is 2.77. The van der Waals surface area contributed by atoms with Crippen LogP contribution in [-0.4, -0.2) is 13.1 Å². The van der Waals surface area contributed by atoms with Gasteiger partial charge in [-0.2, -0.15) is 18.4 Å². The van der Waals surface area contributed by atoms with E-state index in [-0.39, 0.29) is 16.7 Å². The van der Waals surface area contributed by atoms with E-state index in [1.807, 2.05) is 13.0 Å². The Bertz CT molecular complexity index is 819. The Labute approximate surface area is 147 Å². The van der Waals surface area contributed by atoms with E-state index in [1.54, 1.807) is 0 Å². The second kappa shape index (κ2) is 7.60. The van der Waals surface area contributed by atoms with Gasteiger partial charge < -0.3 is 10.1 Å². The Hall–Kier alpha value is -2.82. The van der Waals surface area contributed by atoms with Crippen LogP contribution >= 0.6 is 0 Å². The molecular formula is C18H16F4N2O2. The number of ether oxygens (including phenoxy) is 1. The fraction of sp³-hybridized carbons (Fsp3) is 0.333. The molecule has 0 aliphatic carbocycles. The maximum absolute atomic E-state index is 13.5. The first-order valence-corrected chi connectivity index (χ1v) is 7.79. The van der Waals surface area contributed by atoms with Gasteiger partial charge in [0.25, 0.3) is 0 Å². The van der Waals surface area contributed by atoms with Gasteiger partial charge in [-0.15, -0.1) is 0 Å². The second-order valence-electron chi connectivity index (χ2n) is 5.65. The summed E-state index contributed by atoms with van der Waals surface area (Å²) < 4.78 is 58.5. The number of allylic oxidation sites excluding steroid dienone is 2. The number of methoxy groups -OCH3 is 1. The third kappa shape index (κ3) is 3.72. The van der Waals surface area contributed by atoms with Crippen molar-refractivity contribution >= 4 is 5.97 Å². The summed E-state index contributed by atoms with van der Waals surface area (Å²) in [4.78, 5) is 12.3. The van der Waals surface area contributed by atoms with Crippen LogP contribution in [0.25, 0.3) is 0 Å². The van der Waals surface area contributed by atoms with Crippen molar-refractivity contribution in [2.45, 2.75) is 31.9 Å². The lowest BCUT2D eigenvalue weighted by atomic mass is 9.79. The molecule has 1 aromatic carbocycles. The highest BCUT2D eigenvalue weighted by atomic mass is 19.4. The molecule has 0 saturated carbocycles. The van der Waals surface area contributed by atoms with Crippen molar-refractivity contribution in [3.05, 3.63) is 58.2 Å². The van der Waals surface area contributed by atoms with Crippen LogP contribution in [0.3, 0.4) is 0 Å². The Morgan fingerprint density at radius 2 is 2.08 bits per heavy atom. The minimum atomic E-state index is -4.85. The molecule has 26 heavy (non-hydrogen) atoms. The summed E-state index contributed by atoms with van der Waals surface area (Å²) in [5.74, 6) is -3.20. The number of nitrogens with one attached hydrogen (secondary N) is 1. The zero-order chi connectivity index (χ0) is 19.5. The molecule has 1 aliphatic heterocycles. The summed E-state index contributed by atoms with van der Waals surface area (Å²) in [6.45, 7) is 1.83. The molecule has 1 atom stereocenters. The van der Waals surface area contributed by atoms with Crippen molar-refractivity contribution in [1.82, 2.24) is 5.32 Å². The summed E-state index contributed by atoms with van der Waals surface area (Å²) in [5.41, 5.74) is -1.40. The number of nitriles is 1. The van der Waals surface area contributed by atoms with E-state index in [0.717, 1.165) is 19.2 Å². The van der Waals surface area contributed by atoms with Crippen molar-refractivity contribution in [3.8, 4) is 6.07 Å². The van der Waals surface area contributed by atoms with E-state index in [4.69, 9.17) is 4.74 Å². The molecule has 1 aliphatic rings. The number of carbonyl (C=O) groups is 1. The van der Waals surface area contributed by atoms with E-state index in [9.17, 15) is 27.6 Å². The van der Waals surface area contributed by atoms with Gasteiger partial charge in [-0.05, 0) is 24.1 Å². The summed E-state index contributed by atoms with van der Waals surface area (Å²) in [6.07, 6.45) is -2.60. The van der Waals surface area contributed by atoms with Gasteiger partial charge in [0, 0.05) is 11.9 Å². The molecular weight excluding hydrogens is 352 g/mol. The van der Waals surface area contributed by atoms with Crippen LogP contribution in [0, 0.1) is 17.1 Å². The molecule has 1 N–H and O–H groups in total. The monoisotopic (exact) mass is 368 g/mol. The number of benzene rings is 1. The molecule has 0 saturated heterocycles. The first-order valence-electron chi connectivity index (χ1n) is 7.79. The van der Waals surface area contributed by atoms with E-state index in [1.165, 1.54) is 6.20 Å². The number of rotatable bonds is 4. The standard InChI is InChI=1S/C18H16F4N2O2/c1-3-4-14-16(17(25)26-2)15(10(8-23)9-24-14)12-6-5-11(19)7-13(12)18(20,21)22/h5-7,9,15,24H,3-4H2,1-2H3. The molecule has 0 bridgehead atoms. The Morgan fingerprint density at radius 1 is 1.38 bits per heavy atom. The van der Waals surface area contributed by atoms with Gasteiger partial charge in [-0.1, -0.05) is 19.4 Å². The Morgan fingerprint density at radius 3 is 2.62 bits per heavy atom. The molecule has 0 aromatic heterocycles. The molecule has 1 heterocycles. The van der Waals surface area contributed by atoms with E-state index >= 15 is 0 Å². The summed E-state index contributed by atoms with van der Waals surface area (Å²) >= 11 is 0. The number of alkyl halides is 3. The van der Waals surface area contributed by atoms with E-state index in [2.05, 4.69) is 5.32 Å². The molecule has 4 nitrogen and oxygen atoms in total. The van der Waals surface area contributed by atoms with Crippen LogP contribution in [0.1, 0.15) is 36.8 Å². The fourth-order valence-corrected chi connectivity index (χ4v) is 2.91. The molecule has 0 spiro atoms. The predicted octanol–water partition coefficient (Wildman–Crippen LogP) is 4.17. The number of dihydropyridines is 1. The number of esters is 1. The highest BCUT2D eigenvalue weighted by molar-refractivity contribution is 5.93. The molecule has 0 radical (unpaired) electrons. The molecule has 138 valence electrons. The van der Waals surface area contributed by atoms with Crippen LogP contribution in [0.2, 0.25) is 0 Å². The zero-order valence-electron chi connectivity index (χ0n) is 14.1.